The summed E-state index contributed by atoms with van der Waals surface area (Å²) in [4.78, 5) is 6.21. The van der Waals surface area contributed by atoms with Gasteiger partial charge in [-0.15, -0.1) is 5.10 Å². The van der Waals surface area contributed by atoms with Crippen molar-refractivity contribution < 1.29 is 22.6 Å². The maximum atomic E-state index is 13.3. The third-order valence-corrected chi connectivity index (χ3v) is 7.70. The van der Waals surface area contributed by atoms with E-state index in [0.717, 1.165) is 57.1 Å². The van der Waals surface area contributed by atoms with Crippen molar-refractivity contribution in [3.8, 4) is 23.1 Å². The smallest absolute Gasteiger partial charge is 0.417 e. The Hall–Kier alpha value is -4.02. The second-order valence-corrected chi connectivity index (χ2v) is 10.2. The molecular formula is C27H27F3N8O2. The van der Waals surface area contributed by atoms with Crippen molar-refractivity contribution >= 4 is 5.52 Å². The summed E-state index contributed by atoms with van der Waals surface area (Å²) in [6, 6.07) is 5.59. The monoisotopic (exact) mass is 552 g/mol. The van der Waals surface area contributed by atoms with Gasteiger partial charge in [-0.05, 0) is 38.8 Å². The lowest BCUT2D eigenvalue weighted by atomic mass is 9.99. The Bertz CT molecular complexity index is 1580. The van der Waals surface area contributed by atoms with Gasteiger partial charge in [0.25, 0.3) is 0 Å². The molecule has 40 heavy (non-hydrogen) atoms. The van der Waals surface area contributed by atoms with E-state index in [1.54, 1.807) is 19.2 Å². The molecule has 208 valence electrons. The van der Waals surface area contributed by atoms with Crippen LogP contribution in [0.2, 0.25) is 0 Å². The Morgan fingerprint density at radius 1 is 1.12 bits per heavy atom. The highest BCUT2D eigenvalue weighted by Gasteiger charge is 2.36. The van der Waals surface area contributed by atoms with E-state index in [9.17, 15) is 18.4 Å². The Labute approximate surface area is 227 Å². The van der Waals surface area contributed by atoms with Gasteiger partial charge < -0.3 is 9.47 Å². The molecular weight excluding hydrogens is 525 g/mol. The number of rotatable bonds is 6. The fourth-order valence-corrected chi connectivity index (χ4v) is 5.42. The molecule has 0 spiro atoms. The lowest BCUT2D eigenvalue weighted by Crippen LogP contribution is -2.54. The molecule has 0 bridgehead atoms. The fraction of sp³-hybridized carbons (Fsp3) is 0.444. The van der Waals surface area contributed by atoms with E-state index in [1.807, 2.05) is 11.6 Å². The van der Waals surface area contributed by atoms with Gasteiger partial charge >= 0.3 is 6.18 Å². The van der Waals surface area contributed by atoms with Gasteiger partial charge in [0, 0.05) is 62.1 Å². The van der Waals surface area contributed by atoms with Gasteiger partial charge in [0.05, 0.1) is 23.5 Å². The number of nitriles is 1. The van der Waals surface area contributed by atoms with Gasteiger partial charge in [-0.2, -0.15) is 23.5 Å². The molecule has 2 fully saturated rings. The molecule has 6 heterocycles. The molecule has 0 aliphatic carbocycles. The number of aromatic nitrogens is 6. The summed E-state index contributed by atoms with van der Waals surface area (Å²) < 4.78 is 54.9. The zero-order valence-electron chi connectivity index (χ0n) is 22.0. The highest BCUT2D eigenvalue weighted by atomic mass is 19.4. The Morgan fingerprint density at radius 3 is 2.62 bits per heavy atom. The predicted molar refractivity (Wildman–Crippen MR) is 136 cm³/mol. The van der Waals surface area contributed by atoms with Gasteiger partial charge in [0.1, 0.15) is 34.7 Å². The lowest BCUT2D eigenvalue weighted by Gasteiger charge is -2.45. The van der Waals surface area contributed by atoms with Crippen molar-refractivity contribution in [2.75, 3.05) is 26.3 Å². The van der Waals surface area contributed by atoms with Crippen LogP contribution in [0.25, 0.3) is 16.8 Å². The average molecular weight is 553 g/mol. The van der Waals surface area contributed by atoms with Gasteiger partial charge in [-0.25, -0.2) is 9.20 Å². The molecule has 4 aromatic heterocycles. The van der Waals surface area contributed by atoms with Crippen LogP contribution in [-0.4, -0.2) is 66.8 Å². The molecule has 0 radical (unpaired) electrons. The molecule has 0 amide bonds. The maximum absolute atomic E-state index is 13.3. The van der Waals surface area contributed by atoms with Crippen molar-refractivity contribution in [1.82, 2.24) is 34.5 Å². The van der Waals surface area contributed by atoms with Gasteiger partial charge in [0.2, 0.25) is 0 Å². The van der Waals surface area contributed by atoms with E-state index in [4.69, 9.17) is 9.47 Å². The zero-order valence-corrected chi connectivity index (χ0v) is 22.0. The first-order valence-electron chi connectivity index (χ1n) is 13.1. The summed E-state index contributed by atoms with van der Waals surface area (Å²) in [6.07, 6.45) is 2.04. The number of halogens is 3. The fourth-order valence-electron chi connectivity index (χ4n) is 5.42. The quantitative estimate of drug-likeness (QED) is 0.347. The third kappa shape index (κ3) is 4.77. The first-order valence-corrected chi connectivity index (χ1v) is 13.1. The minimum Gasteiger partial charge on any atom is -0.484 e. The number of pyridine rings is 2. The zero-order chi connectivity index (χ0) is 28.0. The van der Waals surface area contributed by atoms with Crippen molar-refractivity contribution in [3.05, 3.63) is 59.3 Å². The molecule has 0 N–H and O–H groups in total. The SMILES string of the molecule is Cc1c(-c2cc(O[C@@H](C)c3cncc(C(F)(F)F)c3)c3c(C#N)cnn3c2)nnn1C1CN(C2CCOCC2)C1. The van der Waals surface area contributed by atoms with Crippen molar-refractivity contribution in [2.45, 2.75) is 51.1 Å². The van der Waals surface area contributed by atoms with Crippen LogP contribution >= 0.6 is 0 Å². The second kappa shape index (κ2) is 10.2. The standard InChI is InChI=1S/C27H27F3N8O2/c1-16-25(34-35-38(16)23-14-36(15-23)22-3-5-39-6-4-22)19-8-24(26-20(9-31)11-33-37(26)13-19)40-17(2)18-7-21(12-32-10-18)27(28,29)30/h7-8,10-13,17,22-23H,3-6,14-15H2,1-2H3/t17-/m0/s1. The number of nitrogens with zero attached hydrogens (tertiary/aromatic N) is 8. The van der Waals surface area contributed by atoms with Crippen LogP contribution in [-0.2, 0) is 10.9 Å². The van der Waals surface area contributed by atoms with Gasteiger partial charge in [-0.3, -0.25) is 9.88 Å². The number of alkyl halides is 3. The van der Waals surface area contributed by atoms with Crippen molar-refractivity contribution in [3.63, 3.8) is 0 Å². The van der Waals surface area contributed by atoms with Crippen LogP contribution in [0.3, 0.4) is 0 Å². The lowest BCUT2D eigenvalue weighted by molar-refractivity contribution is -0.137. The molecule has 4 aromatic rings. The largest absolute Gasteiger partial charge is 0.484 e. The van der Waals surface area contributed by atoms with Crippen LogP contribution in [0.4, 0.5) is 13.2 Å². The van der Waals surface area contributed by atoms with E-state index in [2.05, 4.69) is 31.4 Å². The van der Waals surface area contributed by atoms with Crippen LogP contribution in [0, 0.1) is 18.3 Å². The molecule has 2 aliphatic heterocycles. The molecule has 2 saturated heterocycles. The van der Waals surface area contributed by atoms with Crippen LogP contribution in [0.15, 0.2) is 36.9 Å². The summed E-state index contributed by atoms with van der Waals surface area (Å²) in [5.41, 5.74) is 2.25. The Morgan fingerprint density at radius 2 is 1.90 bits per heavy atom. The van der Waals surface area contributed by atoms with E-state index in [1.165, 1.54) is 16.9 Å². The molecule has 0 aromatic carbocycles. The first kappa shape index (κ1) is 26.2. The molecule has 1 atom stereocenters. The second-order valence-electron chi connectivity index (χ2n) is 10.2. The molecule has 2 aliphatic rings. The average Bonchev–Trinajstić information content (AvgIpc) is 3.51. The molecule has 0 saturated carbocycles. The number of ether oxygens (including phenoxy) is 2. The normalized spacial score (nSPS) is 18.0. The van der Waals surface area contributed by atoms with Crippen LogP contribution in [0.5, 0.6) is 5.75 Å². The number of hydrogen-bond donors (Lipinski definition) is 0. The highest BCUT2D eigenvalue weighted by Crippen LogP contribution is 2.36. The summed E-state index contributed by atoms with van der Waals surface area (Å²) >= 11 is 0. The molecule has 10 nitrogen and oxygen atoms in total. The third-order valence-electron chi connectivity index (χ3n) is 7.70. The molecule has 0 unspecified atom stereocenters. The van der Waals surface area contributed by atoms with E-state index < -0.39 is 17.8 Å². The van der Waals surface area contributed by atoms with Gasteiger partial charge in [-0.1, -0.05) is 5.21 Å². The number of likely N-dealkylation sites (tertiary alicyclic amines) is 1. The topological polar surface area (TPSA) is 106 Å². The summed E-state index contributed by atoms with van der Waals surface area (Å²) in [5.74, 6) is 0.291. The number of fused-ring (bicyclic) bond motifs is 1. The van der Waals surface area contributed by atoms with E-state index in [-0.39, 0.29) is 17.2 Å². The predicted octanol–water partition coefficient (Wildman–Crippen LogP) is 4.36. The van der Waals surface area contributed by atoms with E-state index in [0.29, 0.717) is 28.6 Å². The van der Waals surface area contributed by atoms with Gasteiger partial charge in [0.15, 0.2) is 0 Å². The first-order chi connectivity index (χ1) is 19.2. The number of hydrogen-bond acceptors (Lipinski definition) is 8. The van der Waals surface area contributed by atoms with Crippen LogP contribution < -0.4 is 4.74 Å². The summed E-state index contributed by atoms with van der Waals surface area (Å²) in [6.45, 7) is 6.98. The Kier molecular flexibility index (Phi) is 6.67. The Balaban J connectivity index is 1.29. The van der Waals surface area contributed by atoms with Crippen molar-refractivity contribution in [2.24, 2.45) is 0 Å². The highest BCUT2D eigenvalue weighted by molar-refractivity contribution is 5.74. The summed E-state index contributed by atoms with van der Waals surface area (Å²) in [5, 5.41) is 22.8. The minimum atomic E-state index is -4.53. The maximum Gasteiger partial charge on any atom is 0.417 e. The molecule has 13 heteroatoms. The minimum absolute atomic E-state index is 0.215. The van der Waals surface area contributed by atoms with Crippen LogP contribution in [0.1, 0.15) is 54.3 Å². The van der Waals surface area contributed by atoms with E-state index >= 15 is 0 Å². The summed E-state index contributed by atoms with van der Waals surface area (Å²) in [7, 11) is 0. The molecule has 6 rings (SSSR count). The van der Waals surface area contributed by atoms with Crippen molar-refractivity contribution in [1.29, 1.82) is 5.26 Å².